The second-order valence-electron chi connectivity index (χ2n) is 11.5. The Balaban J connectivity index is 0.000000258. The van der Waals surface area contributed by atoms with Gasteiger partial charge in [0, 0.05) is 37.6 Å². The lowest BCUT2D eigenvalue weighted by Gasteiger charge is -2.19. The molecule has 5 N–H and O–H groups in total. The number of hydrogen-bond acceptors (Lipinski definition) is 10. The number of amides is 2. The predicted molar refractivity (Wildman–Crippen MR) is 195 cm³/mol. The molecule has 13 nitrogen and oxygen atoms in total. The monoisotopic (exact) mass is 718 g/mol. The van der Waals surface area contributed by atoms with E-state index in [0.717, 1.165) is 11.1 Å². The van der Waals surface area contributed by atoms with E-state index in [9.17, 15) is 34.5 Å². The van der Waals surface area contributed by atoms with Crippen LogP contribution < -0.4 is 20.1 Å². The molecule has 0 aliphatic rings. The van der Waals surface area contributed by atoms with Gasteiger partial charge in [0.15, 0.2) is 11.5 Å². The standard InChI is InChI=1S/C25H24N2O5.C15H14N2O4/c1-3-5-17-9-12-22(23(15-17)31-2)32-25(30)21(14-18-7-10-20(28)11-8-18)27-24(29)19-6-4-13-26-16-19;18-12-5-3-10(4-6-12)8-13(15(20)21)17-14(19)11-2-1-7-16-9-11/h3-4,6-13,15-16,21,28H,1,5,14H2,2H3,(H,27,29);1-7,9,13,18H,8H2,(H,17,19)(H,20,21). The molecule has 2 aromatic heterocycles. The third kappa shape index (κ3) is 12.1. The van der Waals surface area contributed by atoms with Gasteiger partial charge in [-0.1, -0.05) is 36.4 Å². The Morgan fingerprint density at radius 1 is 0.717 bits per heavy atom. The number of aromatic hydroxyl groups is 2. The summed E-state index contributed by atoms with van der Waals surface area (Å²) in [4.78, 5) is 56.7. The highest BCUT2D eigenvalue weighted by Crippen LogP contribution is 2.29. The number of benzene rings is 3. The summed E-state index contributed by atoms with van der Waals surface area (Å²) in [6.07, 6.45) is 8.58. The summed E-state index contributed by atoms with van der Waals surface area (Å²) < 4.78 is 11.0. The van der Waals surface area contributed by atoms with Gasteiger partial charge in [0.2, 0.25) is 0 Å². The number of pyridine rings is 2. The molecular weight excluding hydrogens is 680 g/mol. The third-order valence-electron chi connectivity index (χ3n) is 7.61. The Kier molecular flexibility index (Phi) is 14.2. The first-order valence-corrected chi connectivity index (χ1v) is 16.3. The van der Waals surface area contributed by atoms with Gasteiger partial charge in [0.05, 0.1) is 18.2 Å². The minimum atomic E-state index is -1.12. The van der Waals surface area contributed by atoms with E-state index in [1.54, 1.807) is 72.9 Å². The van der Waals surface area contributed by atoms with Gasteiger partial charge in [-0.2, -0.15) is 0 Å². The van der Waals surface area contributed by atoms with Gasteiger partial charge in [-0.25, -0.2) is 9.59 Å². The van der Waals surface area contributed by atoms with Crippen molar-refractivity contribution in [1.29, 1.82) is 0 Å². The summed E-state index contributed by atoms with van der Waals surface area (Å²) in [5, 5.41) is 33.1. The molecule has 5 aromatic rings. The fourth-order valence-electron chi connectivity index (χ4n) is 4.88. The maximum Gasteiger partial charge on any atom is 0.334 e. The van der Waals surface area contributed by atoms with Gasteiger partial charge in [-0.15, -0.1) is 6.58 Å². The van der Waals surface area contributed by atoms with E-state index in [0.29, 0.717) is 28.9 Å². The Labute approximate surface area is 305 Å². The molecule has 0 radical (unpaired) electrons. The number of allylic oxidation sites excluding steroid dienone is 1. The van der Waals surface area contributed by atoms with Crippen molar-refractivity contribution >= 4 is 23.8 Å². The van der Waals surface area contributed by atoms with Gasteiger partial charge in [-0.05, 0) is 83.8 Å². The van der Waals surface area contributed by atoms with E-state index in [4.69, 9.17) is 9.47 Å². The number of carboxylic acid groups (broad SMARTS) is 1. The molecular formula is C40H38N4O9. The molecule has 0 saturated heterocycles. The van der Waals surface area contributed by atoms with Gasteiger partial charge in [-0.3, -0.25) is 19.6 Å². The fraction of sp³-hybridized carbons (Fsp3) is 0.150. The maximum absolute atomic E-state index is 13.1. The zero-order valence-electron chi connectivity index (χ0n) is 28.7. The highest BCUT2D eigenvalue weighted by molar-refractivity contribution is 5.97. The Bertz CT molecular complexity index is 1990. The molecule has 5 rings (SSSR count). The molecule has 53 heavy (non-hydrogen) atoms. The van der Waals surface area contributed by atoms with Crippen LogP contribution in [0.3, 0.4) is 0 Å². The Morgan fingerprint density at radius 2 is 1.21 bits per heavy atom. The summed E-state index contributed by atoms with van der Waals surface area (Å²) in [6, 6.07) is 22.2. The number of aliphatic carboxylic acids is 1. The molecule has 2 amide bonds. The van der Waals surface area contributed by atoms with Crippen molar-refractivity contribution in [1.82, 2.24) is 20.6 Å². The maximum atomic E-state index is 13.1. The summed E-state index contributed by atoms with van der Waals surface area (Å²) in [6.45, 7) is 3.72. The van der Waals surface area contributed by atoms with Gasteiger partial charge in [0.25, 0.3) is 11.8 Å². The number of phenolic OH excluding ortho intramolecular Hbond substituents is 2. The molecule has 0 aliphatic heterocycles. The topological polar surface area (TPSA) is 197 Å². The smallest absolute Gasteiger partial charge is 0.334 e. The molecule has 3 aromatic carbocycles. The van der Waals surface area contributed by atoms with Crippen LogP contribution >= 0.6 is 0 Å². The molecule has 0 saturated carbocycles. The summed E-state index contributed by atoms with van der Waals surface area (Å²) in [5.41, 5.74) is 3.02. The molecule has 0 bridgehead atoms. The first-order chi connectivity index (χ1) is 25.6. The lowest BCUT2D eigenvalue weighted by atomic mass is 10.1. The number of aromatic nitrogens is 2. The van der Waals surface area contributed by atoms with Crippen molar-refractivity contribution in [3.63, 3.8) is 0 Å². The van der Waals surface area contributed by atoms with Gasteiger partial charge in [0.1, 0.15) is 23.6 Å². The van der Waals surface area contributed by atoms with Crippen molar-refractivity contribution < 1.29 is 44.0 Å². The van der Waals surface area contributed by atoms with Crippen LogP contribution in [0.1, 0.15) is 37.4 Å². The molecule has 13 heteroatoms. The van der Waals surface area contributed by atoms with E-state index in [-0.39, 0.29) is 30.1 Å². The molecule has 0 aliphatic carbocycles. The largest absolute Gasteiger partial charge is 0.508 e. The molecule has 0 fully saturated rings. The zero-order valence-corrected chi connectivity index (χ0v) is 28.7. The van der Waals surface area contributed by atoms with Crippen molar-refractivity contribution in [2.45, 2.75) is 31.3 Å². The fourth-order valence-corrected chi connectivity index (χ4v) is 4.88. The van der Waals surface area contributed by atoms with E-state index in [2.05, 4.69) is 27.2 Å². The number of methoxy groups -OCH3 is 1. The lowest BCUT2D eigenvalue weighted by Crippen LogP contribution is -2.44. The number of carboxylic acids is 1. The van der Waals surface area contributed by atoms with Crippen LogP contribution in [0, 0.1) is 0 Å². The molecule has 272 valence electrons. The number of carbonyl (C=O) groups is 4. The molecule has 2 atom stereocenters. The van der Waals surface area contributed by atoms with E-state index < -0.39 is 35.8 Å². The van der Waals surface area contributed by atoms with Crippen molar-refractivity contribution in [2.24, 2.45) is 0 Å². The average molecular weight is 719 g/mol. The van der Waals surface area contributed by atoms with E-state index in [1.165, 1.54) is 50.0 Å². The lowest BCUT2D eigenvalue weighted by molar-refractivity contribution is -0.139. The highest BCUT2D eigenvalue weighted by atomic mass is 16.6. The highest BCUT2D eigenvalue weighted by Gasteiger charge is 2.26. The van der Waals surface area contributed by atoms with Crippen LogP contribution in [0.25, 0.3) is 0 Å². The summed E-state index contributed by atoms with van der Waals surface area (Å²) >= 11 is 0. The van der Waals surface area contributed by atoms with Crippen molar-refractivity contribution in [3.8, 4) is 23.0 Å². The van der Waals surface area contributed by atoms with E-state index in [1.807, 2.05) is 6.07 Å². The zero-order chi connectivity index (χ0) is 38.2. The second-order valence-corrected chi connectivity index (χ2v) is 11.5. The van der Waals surface area contributed by atoms with Crippen LogP contribution in [-0.2, 0) is 28.9 Å². The number of ether oxygens (including phenoxy) is 2. The van der Waals surface area contributed by atoms with Crippen LogP contribution in [0.5, 0.6) is 23.0 Å². The van der Waals surface area contributed by atoms with E-state index >= 15 is 0 Å². The first kappa shape index (κ1) is 38.8. The number of nitrogens with zero attached hydrogens (tertiary/aromatic N) is 2. The van der Waals surface area contributed by atoms with Crippen molar-refractivity contribution in [3.05, 3.63) is 156 Å². The number of rotatable bonds is 14. The summed E-state index contributed by atoms with van der Waals surface area (Å²) in [5.74, 6) is -1.86. The first-order valence-electron chi connectivity index (χ1n) is 16.3. The number of carbonyl (C=O) groups excluding carboxylic acids is 3. The minimum absolute atomic E-state index is 0.102. The SMILES string of the molecule is C=CCc1ccc(OC(=O)C(Cc2ccc(O)cc2)NC(=O)c2cccnc2)c(OC)c1.O=C(NC(Cc1ccc(O)cc1)C(=O)O)c1cccnc1. The second kappa shape index (κ2) is 19.4. The quantitative estimate of drug-likeness (QED) is 0.0607. The summed E-state index contributed by atoms with van der Waals surface area (Å²) in [7, 11) is 1.49. The Hall–Kier alpha value is -7.02. The average Bonchev–Trinajstić information content (AvgIpc) is 3.17. The van der Waals surface area contributed by atoms with Crippen LogP contribution in [-0.4, -0.2) is 68.2 Å². The normalized spacial score (nSPS) is 11.4. The van der Waals surface area contributed by atoms with Gasteiger partial charge < -0.3 is 35.4 Å². The third-order valence-corrected chi connectivity index (χ3v) is 7.61. The van der Waals surface area contributed by atoms with Crippen molar-refractivity contribution in [2.75, 3.05) is 7.11 Å². The van der Waals surface area contributed by atoms with Crippen LogP contribution in [0.15, 0.2) is 128 Å². The number of phenols is 2. The Morgan fingerprint density at radius 3 is 1.66 bits per heavy atom. The predicted octanol–water partition coefficient (Wildman–Crippen LogP) is 4.68. The molecule has 0 spiro atoms. The van der Waals surface area contributed by atoms with Gasteiger partial charge >= 0.3 is 11.9 Å². The van der Waals surface area contributed by atoms with Crippen LogP contribution in [0.2, 0.25) is 0 Å². The number of esters is 1. The number of hydrogen-bond donors (Lipinski definition) is 5. The minimum Gasteiger partial charge on any atom is -0.508 e. The molecule has 2 heterocycles. The van der Waals surface area contributed by atoms with Crippen LogP contribution in [0.4, 0.5) is 0 Å². The number of nitrogens with one attached hydrogen (secondary N) is 2. The molecule has 2 unspecified atom stereocenters.